The molecule has 0 atom stereocenters. The van der Waals surface area contributed by atoms with Gasteiger partial charge in [0.1, 0.15) is 0 Å². The molecule has 0 bridgehead atoms. The summed E-state index contributed by atoms with van der Waals surface area (Å²) in [4.78, 5) is 23.3. The third-order valence-corrected chi connectivity index (χ3v) is 1.85. The quantitative estimate of drug-likeness (QED) is 0.856. The molecule has 17 heavy (non-hydrogen) atoms. The Hall–Kier alpha value is -2.05. The molecule has 1 rings (SSSR count). The maximum absolute atomic E-state index is 12.3. The van der Waals surface area contributed by atoms with Gasteiger partial charge in [0.15, 0.2) is 0 Å². The maximum Gasteiger partial charge on any atom is 0.417 e. The zero-order valence-electron chi connectivity index (χ0n) is 8.41. The van der Waals surface area contributed by atoms with Gasteiger partial charge < -0.3 is 10.1 Å². The van der Waals surface area contributed by atoms with E-state index >= 15 is 0 Å². The van der Waals surface area contributed by atoms with E-state index < -0.39 is 23.3 Å². The van der Waals surface area contributed by atoms with Crippen LogP contribution in [0, 0.1) is 0 Å². The number of hydrogen-bond acceptors (Lipinski definition) is 2. The summed E-state index contributed by atoms with van der Waals surface area (Å²) in [5.74, 6) is -1.13. The van der Waals surface area contributed by atoms with Crippen LogP contribution in [0.1, 0.15) is 17.5 Å². The predicted octanol–water partition coefficient (Wildman–Crippen LogP) is 1.88. The van der Waals surface area contributed by atoms with E-state index in [1.165, 1.54) is 0 Å². The van der Waals surface area contributed by atoms with Gasteiger partial charge in [-0.2, -0.15) is 13.2 Å². The van der Waals surface area contributed by atoms with Crippen LogP contribution >= 0.6 is 0 Å². The molecule has 1 heterocycles. The van der Waals surface area contributed by atoms with E-state index in [2.05, 4.69) is 0 Å². The molecule has 0 spiro atoms. The third kappa shape index (κ3) is 3.78. The second-order valence-corrected chi connectivity index (χ2v) is 3.17. The summed E-state index contributed by atoms with van der Waals surface area (Å²) < 4.78 is 36.9. The van der Waals surface area contributed by atoms with Crippen molar-refractivity contribution < 1.29 is 23.1 Å². The normalized spacial score (nSPS) is 11.9. The van der Waals surface area contributed by atoms with Gasteiger partial charge in [-0.05, 0) is 6.07 Å². The molecule has 0 aromatic carbocycles. The highest BCUT2D eigenvalue weighted by atomic mass is 19.4. The summed E-state index contributed by atoms with van der Waals surface area (Å²) in [5.41, 5.74) is -1.94. The molecule has 7 heteroatoms. The number of H-pyrrole nitrogens is 1. The van der Waals surface area contributed by atoms with Gasteiger partial charge in [0.2, 0.25) is 0 Å². The molecule has 4 nitrogen and oxygen atoms in total. The topological polar surface area (TPSA) is 70.2 Å². The SMILES string of the molecule is O=C(O)CC=Cc1cc(C(F)(F)F)c[nH]c1=O. The summed E-state index contributed by atoms with van der Waals surface area (Å²) >= 11 is 0. The fourth-order valence-corrected chi connectivity index (χ4v) is 1.08. The van der Waals surface area contributed by atoms with Crippen LogP contribution in [-0.4, -0.2) is 16.1 Å². The summed E-state index contributed by atoms with van der Waals surface area (Å²) in [6, 6.07) is 0.664. The van der Waals surface area contributed by atoms with E-state index in [4.69, 9.17) is 5.11 Å². The van der Waals surface area contributed by atoms with E-state index in [0.717, 1.165) is 12.2 Å². The Kier molecular flexibility index (Phi) is 3.72. The molecule has 0 fully saturated rings. The van der Waals surface area contributed by atoms with Gasteiger partial charge in [0.25, 0.3) is 5.56 Å². The summed E-state index contributed by atoms with van der Waals surface area (Å²) in [6.45, 7) is 0. The first-order valence-electron chi connectivity index (χ1n) is 4.49. The molecule has 0 aliphatic carbocycles. The minimum absolute atomic E-state index is 0.235. The van der Waals surface area contributed by atoms with E-state index in [9.17, 15) is 22.8 Å². The number of alkyl halides is 3. The number of carbonyl (C=O) groups is 1. The molecule has 2 N–H and O–H groups in total. The van der Waals surface area contributed by atoms with Gasteiger partial charge in [-0.25, -0.2) is 0 Å². The molecular formula is C10H8F3NO3. The molecule has 0 amide bonds. The Labute approximate surface area is 93.4 Å². The lowest BCUT2D eigenvalue weighted by Gasteiger charge is -2.06. The van der Waals surface area contributed by atoms with E-state index in [1.54, 1.807) is 0 Å². The lowest BCUT2D eigenvalue weighted by molar-refractivity contribution is -0.138. The molecule has 0 saturated carbocycles. The molecule has 0 aliphatic rings. The van der Waals surface area contributed by atoms with Crippen LogP contribution in [0.5, 0.6) is 0 Å². The van der Waals surface area contributed by atoms with Crippen molar-refractivity contribution in [2.75, 3.05) is 0 Å². The Morgan fingerprint density at radius 2 is 2.12 bits per heavy atom. The number of carboxylic acid groups (broad SMARTS) is 1. The minimum Gasteiger partial charge on any atom is -0.481 e. The molecular weight excluding hydrogens is 239 g/mol. The third-order valence-electron chi connectivity index (χ3n) is 1.85. The number of rotatable bonds is 3. The van der Waals surface area contributed by atoms with Gasteiger partial charge in [-0.3, -0.25) is 9.59 Å². The molecule has 0 radical (unpaired) electrons. The van der Waals surface area contributed by atoms with Crippen LogP contribution in [0.4, 0.5) is 13.2 Å². The lowest BCUT2D eigenvalue weighted by Crippen LogP contribution is -2.14. The highest BCUT2D eigenvalue weighted by Gasteiger charge is 2.31. The second kappa shape index (κ2) is 4.86. The fourth-order valence-electron chi connectivity index (χ4n) is 1.08. The van der Waals surface area contributed by atoms with Crippen LogP contribution in [0.25, 0.3) is 6.08 Å². The number of nitrogens with one attached hydrogen (secondary N) is 1. The zero-order chi connectivity index (χ0) is 13.1. The zero-order valence-corrected chi connectivity index (χ0v) is 8.41. The highest BCUT2D eigenvalue weighted by Crippen LogP contribution is 2.28. The van der Waals surface area contributed by atoms with Crippen molar-refractivity contribution in [3.8, 4) is 0 Å². The van der Waals surface area contributed by atoms with Crippen LogP contribution in [0.15, 0.2) is 23.1 Å². The Morgan fingerprint density at radius 1 is 1.47 bits per heavy atom. The van der Waals surface area contributed by atoms with E-state index in [0.29, 0.717) is 12.3 Å². The molecule has 1 aromatic rings. The van der Waals surface area contributed by atoms with Crippen LogP contribution < -0.4 is 5.56 Å². The fraction of sp³-hybridized carbons (Fsp3) is 0.200. The van der Waals surface area contributed by atoms with Gasteiger partial charge in [-0.15, -0.1) is 0 Å². The Balaban J connectivity index is 3.03. The Morgan fingerprint density at radius 3 is 2.65 bits per heavy atom. The highest BCUT2D eigenvalue weighted by molar-refractivity contribution is 5.70. The lowest BCUT2D eigenvalue weighted by atomic mass is 10.2. The number of hydrogen-bond donors (Lipinski definition) is 2. The molecule has 0 saturated heterocycles. The van der Waals surface area contributed by atoms with Crippen LogP contribution in [-0.2, 0) is 11.0 Å². The van der Waals surface area contributed by atoms with Gasteiger partial charge >= 0.3 is 12.1 Å². The van der Waals surface area contributed by atoms with Gasteiger partial charge in [0, 0.05) is 11.8 Å². The molecule has 1 aromatic heterocycles. The van der Waals surface area contributed by atoms with Crippen molar-refractivity contribution in [2.45, 2.75) is 12.6 Å². The van der Waals surface area contributed by atoms with Crippen molar-refractivity contribution in [3.63, 3.8) is 0 Å². The van der Waals surface area contributed by atoms with Crippen molar-refractivity contribution >= 4 is 12.0 Å². The van der Waals surface area contributed by atoms with Crippen LogP contribution in [0.2, 0.25) is 0 Å². The van der Waals surface area contributed by atoms with Crippen molar-refractivity contribution in [1.29, 1.82) is 0 Å². The number of halogens is 3. The average molecular weight is 247 g/mol. The first-order valence-corrected chi connectivity index (χ1v) is 4.49. The van der Waals surface area contributed by atoms with Crippen molar-refractivity contribution in [2.24, 2.45) is 0 Å². The summed E-state index contributed by atoms with van der Waals surface area (Å²) in [5, 5.41) is 8.33. The standard InChI is InChI=1S/C10H8F3NO3/c11-10(12,13)7-4-6(9(17)14-5-7)2-1-3-8(15)16/h1-2,4-5H,3H2,(H,14,17)(H,15,16). The monoisotopic (exact) mass is 247 g/mol. The van der Waals surface area contributed by atoms with E-state index in [-0.39, 0.29) is 12.0 Å². The maximum atomic E-state index is 12.3. The summed E-state index contributed by atoms with van der Waals surface area (Å²) in [6.07, 6.45) is -2.21. The van der Waals surface area contributed by atoms with Crippen molar-refractivity contribution in [1.82, 2.24) is 4.98 Å². The first-order chi connectivity index (χ1) is 7.80. The molecule has 0 unspecified atom stereocenters. The average Bonchev–Trinajstić information content (AvgIpc) is 2.18. The predicted molar refractivity (Wildman–Crippen MR) is 53.4 cm³/mol. The number of carboxylic acids is 1. The molecule has 0 aliphatic heterocycles. The van der Waals surface area contributed by atoms with Gasteiger partial charge in [-0.1, -0.05) is 12.2 Å². The number of aromatic nitrogens is 1. The Bertz CT molecular complexity index is 502. The first kappa shape index (κ1) is 13.0. The summed E-state index contributed by atoms with van der Waals surface area (Å²) in [7, 11) is 0. The number of pyridine rings is 1. The van der Waals surface area contributed by atoms with Crippen molar-refractivity contribution in [3.05, 3.63) is 39.8 Å². The minimum atomic E-state index is -4.56. The van der Waals surface area contributed by atoms with Crippen LogP contribution in [0.3, 0.4) is 0 Å². The smallest absolute Gasteiger partial charge is 0.417 e. The number of aliphatic carboxylic acids is 1. The molecule has 92 valence electrons. The number of aromatic amines is 1. The van der Waals surface area contributed by atoms with E-state index in [1.807, 2.05) is 4.98 Å². The largest absolute Gasteiger partial charge is 0.481 e. The second-order valence-electron chi connectivity index (χ2n) is 3.17. The van der Waals surface area contributed by atoms with Gasteiger partial charge in [0.05, 0.1) is 12.0 Å².